The van der Waals surface area contributed by atoms with Gasteiger partial charge in [-0.15, -0.1) is 0 Å². The zero-order valence-corrected chi connectivity index (χ0v) is 16.8. The van der Waals surface area contributed by atoms with Crippen LogP contribution in [-0.2, 0) is 19.1 Å². The van der Waals surface area contributed by atoms with E-state index in [1.165, 1.54) is 0 Å². The first-order chi connectivity index (χ1) is 13.8. The predicted molar refractivity (Wildman–Crippen MR) is 108 cm³/mol. The molecule has 0 radical (unpaired) electrons. The molecular formula is C23H23NO5. The predicted octanol–water partition coefficient (Wildman–Crippen LogP) is 4.07. The number of para-hydroxylation sites is 1. The summed E-state index contributed by atoms with van der Waals surface area (Å²) < 4.78 is 16.2. The van der Waals surface area contributed by atoms with Crippen molar-refractivity contribution in [2.75, 3.05) is 7.11 Å². The highest BCUT2D eigenvalue weighted by atomic mass is 16.7. The number of aromatic nitrogens is 1. The maximum absolute atomic E-state index is 12.9. The molecule has 1 saturated heterocycles. The highest BCUT2D eigenvalue weighted by molar-refractivity contribution is 5.99. The van der Waals surface area contributed by atoms with Gasteiger partial charge in [-0.1, -0.05) is 30.3 Å². The average Bonchev–Trinajstić information content (AvgIpc) is 3.07. The lowest BCUT2D eigenvalue weighted by Gasteiger charge is -2.36. The molecular weight excluding hydrogens is 370 g/mol. The summed E-state index contributed by atoms with van der Waals surface area (Å²) in [5.74, 6) is -3.38. The number of H-pyrrole nitrogens is 1. The molecule has 1 aromatic heterocycles. The van der Waals surface area contributed by atoms with E-state index in [2.05, 4.69) is 4.98 Å². The number of nitrogens with one attached hydrogen (secondary N) is 1. The van der Waals surface area contributed by atoms with Crippen LogP contribution in [0.5, 0.6) is 5.75 Å². The summed E-state index contributed by atoms with van der Waals surface area (Å²) in [6.07, 6.45) is 1.84. The molecule has 1 aliphatic rings. The Morgan fingerprint density at radius 3 is 2.41 bits per heavy atom. The number of aryl methyl sites for hydroxylation is 1. The Bertz CT molecular complexity index is 1080. The van der Waals surface area contributed by atoms with Gasteiger partial charge < -0.3 is 19.2 Å². The number of aromatic amines is 1. The van der Waals surface area contributed by atoms with Crippen molar-refractivity contribution in [3.63, 3.8) is 0 Å². The van der Waals surface area contributed by atoms with E-state index in [9.17, 15) is 9.59 Å². The molecule has 2 aromatic carbocycles. The molecule has 6 heteroatoms. The van der Waals surface area contributed by atoms with Crippen molar-refractivity contribution in [3.05, 3.63) is 65.4 Å². The number of carbonyl (C=O) groups is 2. The van der Waals surface area contributed by atoms with Gasteiger partial charge in [0.25, 0.3) is 5.79 Å². The SMILES string of the molecule is COc1ccc([C@@H](c2c[nH]c3ccccc23)C2C(=O)OC(C)(C)OC2=O)cc1C. The van der Waals surface area contributed by atoms with Crippen LogP contribution in [0.2, 0.25) is 0 Å². The zero-order valence-electron chi connectivity index (χ0n) is 16.8. The quantitative estimate of drug-likeness (QED) is 0.534. The first kappa shape index (κ1) is 19.1. The van der Waals surface area contributed by atoms with Crippen molar-refractivity contribution in [2.45, 2.75) is 32.5 Å². The van der Waals surface area contributed by atoms with Crippen LogP contribution in [0.1, 0.15) is 36.5 Å². The molecule has 0 aliphatic carbocycles. The summed E-state index contributed by atoms with van der Waals surface area (Å²) in [5.41, 5.74) is 3.48. The number of benzene rings is 2. The fourth-order valence-electron chi connectivity index (χ4n) is 4.00. The Labute approximate surface area is 168 Å². The number of ether oxygens (including phenoxy) is 3. The minimum Gasteiger partial charge on any atom is -0.496 e. The highest BCUT2D eigenvalue weighted by Gasteiger charge is 2.48. The average molecular weight is 393 g/mol. The fraction of sp³-hybridized carbons (Fsp3) is 0.304. The molecule has 0 bridgehead atoms. The van der Waals surface area contributed by atoms with Gasteiger partial charge in [-0.25, -0.2) is 0 Å². The number of carbonyl (C=O) groups excluding carboxylic acids is 2. The van der Waals surface area contributed by atoms with Crippen molar-refractivity contribution >= 4 is 22.8 Å². The van der Waals surface area contributed by atoms with Gasteiger partial charge in [0.1, 0.15) is 5.75 Å². The van der Waals surface area contributed by atoms with Gasteiger partial charge in [0.15, 0.2) is 5.92 Å². The minimum atomic E-state index is -1.27. The smallest absolute Gasteiger partial charge is 0.324 e. The molecule has 0 amide bonds. The van der Waals surface area contributed by atoms with Gasteiger partial charge in [-0.3, -0.25) is 9.59 Å². The number of esters is 2. The van der Waals surface area contributed by atoms with E-state index in [1.807, 2.05) is 55.6 Å². The molecule has 4 rings (SSSR count). The van der Waals surface area contributed by atoms with Gasteiger partial charge in [0.05, 0.1) is 7.11 Å². The van der Waals surface area contributed by atoms with Crippen LogP contribution < -0.4 is 4.74 Å². The van der Waals surface area contributed by atoms with E-state index in [0.29, 0.717) is 0 Å². The number of hydrogen-bond donors (Lipinski definition) is 1. The van der Waals surface area contributed by atoms with Crippen LogP contribution >= 0.6 is 0 Å². The second-order valence-corrected chi connectivity index (χ2v) is 7.72. The summed E-state index contributed by atoms with van der Waals surface area (Å²) in [5, 5.41) is 0.941. The van der Waals surface area contributed by atoms with Gasteiger partial charge in [-0.05, 0) is 35.7 Å². The Kier molecular flexibility index (Phi) is 4.57. The summed E-state index contributed by atoms with van der Waals surface area (Å²) in [7, 11) is 1.61. The molecule has 1 fully saturated rings. The Hall–Kier alpha value is -3.28. The van der Waals surface area contributed by atoms with Gasteiger partial charge in [0.2, 0.25) is 0 Å². The second kappa shape index (κ2) is 6.95. The standard InChI is InChI=1S/C23H23NO5/c1-13-11-14(9-10-18(13)27-4)19(16-12-24-17-8-6-5-7-15(16)17)20-21(25)28-23(2,3)29-22(20)26/h5-12,19-20,24H,1-4H3/t19-/m0/s1. The van der Waals surface area contributed by atoms with Crippen LogP contribution in [-0.4, -0.2) is 29.8 Å². The number of methoxy groups -OCH3 is 1. The Morgan fingerprint density at radius 2 is 1.76 bits per heavy atom. The molecule has 0 spiro atoms. The third kappa shape index (κ3) is 3.35. The van der Waals surface area contributed by atoms with Gasteiger partial charge in [-0.2, -0.15) is 0 Å². The normalized spacial score (nSPS) is 17.7. The first-order valence-electron chi connectivity index (χ1n) is 9.47. The molecule has 1 aliphatic heterocycles. The van der Waals surface area contributed by atoms with E-state index in [4.69, 9.17) is 14.2 Å². The van der Waals surface area contributed by atoms with Gasteiger partial charge >= 0.3 is 11.9 Å². The largest absolute Gasteiger partial charge is 0.496 e. The minimum absolute atomic E-state index is 0.563. The summed E-state index contributed by atoms with van der Waals surface area (Å²) in [4.78, 5) is 29.1. The van der Waals surface area contributed by atoms with Crippen molar-refractivity contribution in [1.29, 1.82) is 0 Å². The Balaban J connectivity index is 1.89. The number of cyclic esters (lactones) is 2. The van der Waals surface area contributed by atoms with Crippen LogP contribution in [0.4, 0.5) is 0 Å². The highest BCUT2D eigenvalue weighted by Crippen LogP contribution is 2.41. The number of rotatable bonds is 4. The third-order valence-corrected chi connectivity index (χ3v) is 5.27. The van der Waals surface area contributed by atoms with Gasteiger partial charge in [0, 0.05) is 36.9 Å². The maximum Gasteiger partial charge on any atom is 0.324 e. The topological polar surface area (TPSA) is 77.6 Å². The third-order valence-electron chi connectivity index (χ3n) is 5.27. The van der Waals surface area contributed by atoms with Crippen molar-refractivity contribution < 1.29 is 23.8 Å². The van der Waals surface area contributed by atoms with Crippen molar-refractivity contribution in [1.82, 2.24) is 4.98 Å². The lowest BCUT2D eigenvalue weighted by molar-refractivity contribution is -0.240. The molecule has 0 saturated carbocycles. The lowest BCUT2D eigenvalue weighted by Crippen LogP contribution is -2.48. The van der Waals surface area contributed by atoms with Crippen molar-refractivity contribution in [3.8, 4) is 5.75 Å². The molecule has 1 atom stereocenters. The summed E-state index contributed by atoms with van der Waals surface area (Å²) in [6.45, 7) is 5.03. The maximum atomic E-state index is 12.9. The van der Waals surface area contributed by atoms with E-state index in [0.717, 1.165) is 33.3 Å². The number of fused-ring (bicyclic) bond motifs is 1. The first-order valence-corrected chi connectivity index (χ1v) is 9.47. The molecule has 2 heterocycles. The van der Waals surface area contributed by atoms with Crippen LogP contribution in [0.3, 0.4) is 0 Å². The molecule has 6 nitrogen and oxygen atoms in total. The van der Waals surface area contributed by atoms with E-state index in [1.54, 1.807) is 21.0 Å². The molecule has 1 N–H and O–H groups in total. The number of hydrogen-bond acceptors (Lipinski definition) is 5. The Morgan fingerprint density at radius 1 is 1.07 bits per heavy atom. The zero-order chi connectivity index (χ0) is 20.8. The lowest BCUT2D eigenvalue weighted by atomic mass is 9.79. The van der Waals surface area contributed by atoms with Crippen LogP contribution in [0.15, 0.2) is 48.7 Å². The van der Waals surface area contributed by atoms with E-state index in [-0.39, 0.29) is 0 Å². The molecule has 0 unspecified atom stereocenters. The summed E-state index contributed by atoms with van der Waals surface area (Å²) >= 11 is 0. The van der Waals surface area contributed by atoms with E-state index >= 15 is 0 Å². The fourth-order valence-corrected chi connectivity index (χ4v) is 4.00. The monoisotopic (exact) mass is 393 g/mol. The van der Waals surface area contributed by atoms with E-state index < -0.39 is 29.6 Å². The summed E-state index contributed by atoms with van der Waals surface area (Å²) in [6, 6.07) is 13.4. The van der Waals surface area contributed by atoms with Crippen molar-refractivity contribution in [2.24, 2.45) is 5.92 Å². The molecule has 3 aromatic rings. The second-order valence-electron chi connectivity index (χ2n) is 7.72. The molecule has 29 heavy (non-hydrogen) atoms. The molecule has 150 valence electrons. The van der Waals surface area contributed by atoms with Crippen LogP contribution in [0, 0.1) is 12.8 Å². The van der Waals surface area contributed by atoms with Crippen LogP contribution in [0.25, 0.3) is 10.9 Å².